The highest BCUT2D eigenvalue weighted by molar-refractivity contribution is 5.91. The predicted octanol–water partition coefficient (Wildman–Crippen LogP) is 2.91. The number of rotatable bonds is 4. The van der Waals surface area contributed by atoms with Crippen LogP contribution >= 0.6 is 0 Å². The van der Waals surface area contributed by atoms with Crippen LogP contribution in [0.25, 0.3) is 33.7 Å². The lowest BCUT2D eigenvalue weighted by atomic mass is 10.0. The number of aromatic nitrogens is 5. The summed E-state index contributed by atoms with van der Waals surface area (Å²) in [7, 11) is 0. The van der Waals surface area contributed by atoms with Gasteiger partial charge in [0.25, 0.3) is 0 Å². The van der Waals surface area contributed by atoms with Crippen LogP contribution in [0.15, 0.2) is 48.8 Å². The molecule has 0 spiro atoms. The van der Waals surface area contributed by atoms with Crippen LogP contribution in [0.1, 0.15) is 5.69 Å². The number of hydrogen-bond donors (Lipinski definition) is 1. The standard InChI is InChI=1S/C24H25N7O/c1-16-3-2-4-21(27-16)23-18(13-26-29-23)19-5-6-20-24(28-19)22(7-8-25-20)31-14-17(15-31)30-9-11-32-12-10-30/h2-8,13,17H,9-12,14-15H2,1H3,(H,26,29). The lowest BCUT2D eigenvalue weighted by Crippen LogP contribution is -2.61. The van der Waals surface area contributed by atoms with Crippen molar-refractivity contribution in [1.29, 1.82) is 0 Å². The van der Waals surface area contributed by atoms with Crippen molar-refractivity contribution in [3.8, 4) is 22.6 Å². The molecule has 0 aliphatic carbocycles. The van der Waals surface area contributed by atoms with Gasteiger partial charge in [-0.05, 0) is 37.3 Å². The molecule has 0 radical (unpaired) electrons. The first kappa shape index (κ1) is 19.3. The average Bonchev–Trinajstić information content (AvgIpc) is 3.29. The molecule has 4 aromatic rings. The lowest BCUT2D eigenvalue weighted by Gasteiger charge is -2.47. The van der Waals surface area contributed by atoms with Crippen molar-refractivity contribution < 1.29 is 4.74 Å². The van der Waals surface area contributed by atoms with Gasteiger partial charge in [-0.2, -0.15) is 5.10 Å². The Kier molecular flexibility index (Phi) is 4.81. The first-order valence-electron chi connectivity index (χ1n) is 11.1. The summed E-state index contributed by atoms with van der Waals surface area (Å²) in [6.07, 6.45) is 3.77. The second-order valence-corrected chi connectivity index (χ2v) is 8.41. The minimum Gasteiger partial charge on any atom is -0.379 e. The monoisotopic (exact) mass is 427 g/mol. The quantitative estimate of drug-likeness (QED) is 0.536. The van der Waals surface area contributed by atoms with Crippen LogP contribution in [-0.2, 0) is 4.74 Å². The fourth-order valence-corrected chi connectivity index (χ4v) is 4.60. The van der Waals surface area contributed by atoms with E-state index in [1.807, 2.05) is 49.6 Å². The van der Waals surface area contributed by atoms with Gasteiger partial charge in [0.05, 0.1) is 35.8 Å². The maximum absolute atomic E-state index is 5.50. The molecule has 0 saturated carbocycles. The molecular weight excluding hydrogens is 402 g/mol. The third-order valence-electron chi connectivity index (χ3n) is 6.37. The summed E-state index contributed by atoms with van der Waals surface area (Å²) in [5.74, 6) is 0. The van der Waals surface area contributed by atoms with Crippen LogP contribution in [0.3, 0.4) is 0 Å². The Morgan fingerprint density at radius 3 is 2.72 bits per heavy atom. The molecule has 1 N–H and O–H groups in total. The fraction of sp³-hybridized carbons (Fsp3) is 0.333. The Hall–Kier alpha value is -3.36. The molecule has 2 fully saturated rings. The molecule has 8 heteroatoms. The third-order valence-corrected chi connectivity index (χ3v) is 6.37. The van der Waals surface area contributed by atoms with Crippen molar-refractivity contribution in [3.63, 3.8) is 0 Å². The van der Waals surface area contributed by atoms with Crippen LogP contribution in [0.5, 0.6) is 0 Å². The largest absolute Gasteiger partial charge is 0.379 e. The van der Waals surface area contributed by atoms with Gasteiger partial charge in [0.2, 0.25) is 0 Å². The second-order valence-electron chi connectivity index (χ2n) is 8.41. The zero-order valence-electron chi connectivity index (χ0n) is 18.0. The fourth-order valence-electron chi connectivity index (χ4n) is 4.60. The molecule has 2 aliphatic heterocycles. The SMILES string of the molecule is Cc1cccc(-c2n[nH]cc2-c2ccc3nccc(N4CC(N5CCOCC5)C4)c3n2)n1. The summed E-state index contributed by atoms with van der Waals surface area (Å²) < 4.78 is 5.50. The molecule has 8 nitrogen and oxygen atoms in total. The highest BCUT2D eigenvalue weighted by Crippen LogP contribution is 2.33. The van der Waals surface area contributed by atoms with Crippen molar-refractivity contribution in [3.05, 3.63) is 54.5 Å². The zero-order valence-corrected chi connectivity index (χ0v) is 18.0. The van der Waals surface area contributed by atoms with E-state index >= 15 is 0 Å². The van der Waals surface area contributed by atoms with Gasteiger partial charge >= 0.3 is 0 Å². The number of ether oxygens (including phenoxy) is 1. The average molecular weight is 428 g/mol. The summed E-state index contributed by atoms with van der Waals surface area (Å²) in [6.45, 7) is 7.72. The van der Waals surface area contributed by atoms with Gasteiger partial charge in [0.1, 0.15) is 11.2 Å². The number of nitrogens with one attached hydrogen (secondary N) is 1. The number of morpholine rings is 1. The second kappa shape index (κ2) is 7.96. The van der Waals surface area contributed by atoms with Gasteiger partial charge in [-0.15, -0.1) is 0 Å². The Labute approximate surface area is 186 Å². The number of pyridine rings is 3. The number of aryl methyl sites for hydroxylation is 1. The normalized spacial score (nSPS) is 17.6. The van der Waals surface area contributed by atoms with Gasteiger partial charge in [0, 0.05) is 55.9 Å². The van der Waals surface area contributed by atoms with E-state index in [0.717, 1.165) is 84.5 Å². The molecule has 162 valence electrons. The van der Waals surface area contributed by atoms with Crippen molar-refractivity contribution in [1.82, 2.24) is 30.0 Å². The van der Waals surface area contributed by atoms with E-state index in [1.54, 1.807) is 0 Å². The predicted molar refractivity (Wildman–Crippen MR) is 123 cm³/mol. The van der Waals surface area contributed by atoms with E-state index < -0.39 is 0 Å². The maximum Gasteiger partial charge on any atom is 0.120 e. The molecule has 6 heterocycles. The number of hydrogen-bond acceptors (Lipinski definition) is 7. The van der Waals surface area contributed by atoms with Crippen molar-refractivity contribution >= 4 is 16.7 Å². The van der Waals surface area contributed by atoms with Crippen LogP contribution in [0.2, 0.25) is 0 Å². The number of nitrogens with zero attached hydrogens (tertiary/aromatic N) is 6. The molecule has 0 unspecified atom stereocenters. The number of H-pyrrole nitrogens is 1. The molecule has 2 aliphatic rings. The van der Waals surface area contributed by atoms with E-state index in [1.165, 1.54) is 0 Å². The van der Waals surface area contributed by atoms with Crippen molar-refractivity contribution in [2.45, 2.75) is 13.0 Å². The third kappa shape index (κ3) is 3.41. The number of aromatic amines is 1. The maximum atomic E-state index is 5.50. The zero-order chi connectivity index (χ0) is 21.5. The summed E-state index contributed by atoms with van der Waals surface area (Å²) >= 11 is 0. The molecular formula is C24H25N7O. The van der Waals surface area contributed by atoms with Crippen LogP contribution < -0.4 is 4.90 Å². The Morgan fingerprint density at radius 1 is 1.00 bits per heavy atom. The molecule has 2 saturated heterocycles. The van der Waals surface area contributed by atoms with Crippen LogP contribution in [0.4, 0.5) is 5.69 Å². The summed E-state index contributed by atoms with van der Waals surface area (Å²) in [4.78, 5) is 19.2. The topological polar surface area (TPSA) is 83.1 Å². The minimum atomic E-state index is 0.582. The van der Waals surface area contributed by atoms with Gasteiger partial charge < -0.3 is 9.64 Å². The molecule has 6 rings (SSSR count). The highest BCUT2D eigenvalue weighted by atomic mass is 16.5. The van der Waals surface area contributed by atoms with Gasteiger partial charge in [0.15, 0.2) is 0 Å². The molecule has 0 aromatic carbocycles. The van der Waals surface area contributed by atoms with Crippen molar-refractivity contribution in [2.75, 3.05) is 44.3 Å². The smallest absolute Gasteiger partial charge is 0.120 e. The first-order chi connectivity index (χ1) is 15.8. The van der Waals surface area contributed by atoms with E-state index in [9.17, 15) is 0 Å². The van der Waals surface area contributed by atoms with E-state index in [-0.39, 0.29) is 0 Å². The Morgan fingerprint density at radius 2 is 1.88 bits per heavy atom. The summed E-state index contributed by atoms with van der Waals surface area (Å²) in [6, 6.07) is 12.7. The molecule has 32 heavy (non-hydrogen) atoms. The van der Waals surface area contributed by atoms with Gasteiger partial charge in [-0.25, -0.2) is 4.98 Å². The summed E-state index contributed by atoms with van der Waals surface area (Å²) in [5.41, 5.74) is 7.38. The van der Waals surface area contributed by atoms with E-state index in [4.69, 9.17) is 9.72 Å². The molecule has 4 aromatic heterocycles. The van der Waals surface area contributed by atoms with E-state index in [0.29, 0.717) is 6.04 Å². The first-order valence-corrected chi connectivity index (χ1v) is 11.1. The highest BCUT2D eigenvalue weighted by Gasteiger charge is 2.33. The lowest BCUT2D eigenvalue weighted by molar-refractivity contribution is 0.0106. The Balaban J connectivity index is 1.33. The van der Waals surface area contributed by atoms with Gasteiger partial charge in [-0.1, -0.05) is 6.07 Å². The number of fused-ring (bicyclic) bond motifs is 1. The summed E-state index contributed by atoms with van der Waals surface area (Å²) in [5, 5.41) is 7.45. The molecule has 0 bridgehead atoms. The van der Waals surface area contributed by atoms with Crippen LogP contribution in [0, 0.1) is 6.92 Å². The van der Waals surface area contributed by atoms with Crippen molar-refractivity contribution in [2.24, 2.45) is 0 Å². The molecule has 0 atom stereocenters. The Bertz CT molecular complexity index is 1260. The van der Waals surface area contributed by atoms with Gasteiger partial charge in [-0.3, -0.25) is 20.0 Å². The van der Waals surface area contributed by atoms with Crippen LogP contribution in [-0.4, -0.2) is 75.5 Å². The van der Waals surface area contributed by atoms with E-state index in [2.05, 4.69) is 36.0 Å². The molecule has 0 amide bonds. The minimum absolute atomic E-state index is 0.582. The number of anilines is 1.